The Hall–Kier alpha value is -0.910. The van der Waals surface area contributed by atoms with Gasteiger partial charge in [-0.1, -0.05) is 30.1 Å². The van der Waals surface area contributed by atoms with Gasteiger partial charge < -0.3 is 10.1 Å². The summed E-state index contributed by atoms with van der Waals surface area (Å²) in [5.74, 6) is -0.264. The lowest BCUT2D eigenvalue weighted by atomic mass is 10.3. The molecule has 1 unspecified atom stereocenters. The number of methoxy groups -OCH3 is 1. The maximum atomic E-state index is 11.8. The summed E-state index contributed by atoms with van der Waals surface area (Å²) in [5, 5.41) is 3.61. The van der Waals surface area contributed by atoms with Gasteiger partial charge in [0.2, 0.25) is 5.91 Å². The quantitative estimate of drug-likeness (QED) is 0.806. The van der Waals surface area contributed by atoms with Gasteiger partial charge in [0.15, 0.2) is 0 Å². The second kappa shape index (κ2) is 8.39. The van der Waals surface area contributed by atoms with E-state index >= 15 is 0 Å². The Kier molecular flexibility index (Phi) is 7.19. The molecule has 0 fully saturated rings. The molecule has 1 rings (SSSR count). The number of ether oxygens (including phenoxy) is 1. The molecule has 0 spiro atoms. The molecule has 4 nitrogen and oxygen atoms in total. The van der Waals surface area contributed by atoms with E-state index < -0.39 is 0 Å². The molecule has 0 aliphatic carbocycles. The van der Waals surface area contributed by atoms with E-state index in [1.54, 1.807) is 18.2 Å². The van der Waals surface area contributed by atoms with E-state index in [0.717, 1.165) is 0 Å². The van der Waals surface area contributed by atoms with Gasteiger partial charge in [-0.15, -0.1) is 11.8 Å². The molecule has 7 heteroatoms. The third kappa shape index (κ3) is 6.03. The van der Waals surface area contributed by atoms with Crippen LogP contribution in [0.2, 0.25) is 10.0 Å². The third-order valence-corrected chi connectivity index (χ3v) is 4.11. The number of halogens is 2. The number of hydrogen-bond acceptors (Lipinski definition) is 4. The molecule has 0 aliphatic rings. The maximum Gasteiger partial charge on any atom is 0.306 e. The summed E-state index contributed by atoms with van der Waals surface area (Å²) in [4.78, 5) is 22.9. The smallest absolute Gasteiger partial charge is 0.306 e. The first-order valence-electron chi connectivity index (χ1n) is 5.85. The highest BCUT2D eigenvalue weighted by molar-refractivity contribution is 8.00. The number of carbonyl (C=O) groups is 2. The van der Waals surface area contributed by atoms with E-state index in [4.69, 9.17) is 23.2 Å². The first kappa shape index (κ1) is 17.1. The standard InChI is InChI=1S/C13H15Cl2NO3S/c1-8(5-13(18)19-2)20-7-12(17)16-11-6-9(14)3-4-10(11)15/h3-4,6,8H,5,7H2,1-2H3,(H,16,17). The van der Waals surface area contributed by atoms with E-state index in [0.29, 0.717) is 15.7 Å². The zero-order valence-corrected chi connectivity index (χ0v) is 13.4. The molecule has 0 radical (unpaired) electrons. The average molecular weight is 336 g/mol. The summed E-state index contributed by atoms with van der Waals surface area (Å²) in [5.41, 5.74) is 0.477. The minimum absolute atomic E-state index is 0.00281. The zero-order valence-electron chi connectivity index (χ0n) is 11.1. The molecule has 0 bridgehead atoms. The Morgan fingerprint density at radius 1 is 1.40 bits per heavy atom. The normalized spacial score (nSPS) is 11.8. The molecule has 110 valence electrons. The Labute approximate surface area is 132 Å². The molecule has 1 N–H and O–H groups in total. The number of hydrogen-bond donors (Lipinski definition) is 1. The van der Waals surface area contributed by atoms with Crippen molar-refractivity contribution in [3.63, 3.8) is 0 Å². The van der Waals surface area contributed by atoms with Gasteiger partial charge >= 0.3 is 5.97 Å². The van der Waals surface area contributed by atoms with Crippen molar-refractivity contribution in [2.45, 2.75) is 18.6 Å². The molecule has 1 atom stereocenters. The van der Waals surface area contributed by atoms with E-state index in [1.807, 2.05) is 6.92 Å². The number of nitrogens with one attached hydrogen (secondary N) is 1. The van der Waals surface area contributed by atoms with Gasteiger partial charge in [0.1, 0.15) is 0 Å². The van der Waals surface area contributed by atoms with Crippen LogP contribution in [0.1, 0.15) is 13.3 Å². The van der Waals surface area contributed by atoms with Crippen molar-refractivity contribution in [1.82, 2.24) is 0 Å². The topological polar surface area (TPSA) is 55.4 Å². The Morgan fingerprint density at radius 2 is 2.10 bits per heavy atom. The van der Waals surface area contributed by atoms with Crippen molar-refractivity contribution in [3.8, 4) is 0 Å². The summed E-state index contributed by atoms with van der Waals surface area (Å²) < 4.78 is 4.57. The Balaban J connectivity index is 2.44. The fraction of sp³-hybridized carbons (Fsp3) is 0.385. The number of amides is 1. The molecule has 1 amide bonds. The highest BCUT2D eigenvalue weighted by Gasteiger charge is 2.12. The van der Waals surface area contributed by atoms with Crippen molar-refractivity contribution < 1.29 is 14.3 Å². The number of thioether (sulfide) groups is 1. The summed E-state index contributed by atoms with van der Waals surface area (Å²) in [6.07, 6.45) is 0.270. The van der Waals surface area contributed by atoms with E-state index in [2.05, 4.69) is 10.1 Å². The lowest BCUT2D eigenvalue weighted by Crippen LogP contribution is -2.17. The SMILES string of the molecule is COC(=O)CC(C)SCC(=O)Nc1cc(Cl)ccc1Cl. The lowest BCUT2D eigenvalue weighted by Gasteiger charge is -2.11. The lowest BCUT2D eigenvalue weighted by molar-refractivity contribution is -0.140. The third-order valence-electron chi connectivity index (χ3n) is 2.38. The minimum atomic E-state index is -0.289. The number of benzene rings is 1. The fourth-order valence-corrected chi connectivity index (χ4v) is 2.47. The van der Waals surface area contributed by atoms with Crippen LogP contribution >= 0.6 is 35.0 Å². The largest absolute Gasteiger partial charge is 0.469 e. The van der Waals surface area contributed by atoms with Crippen LogP contribution in [0.15, 0.2) is 18.2 Å². The van der Waals surface area contributed by atoms with Gasteiger partial charge in [-0.05, 0) is 18.2 Å². The molecule has 20 heavy (non-hydrogen) atoms. The van der Waals surface area contributed by atoms with Gasteiger partial charge in [0.25, 0.3) is 0 Å². The average Bonchev–Trinajstić information content (AvgIpc) is 2.40. The molecule has 0 heterocycles. The predicted octanol–water partition coefficient (Wildman–Crippen LogP) is 3.62. The Morgan fingerprint density at radius 3 is 2.75 bits per heavy atom. The van der Waals surface area contributed by atoms with Gasteiger partial charge in [-0.2, -0.15) is 0 Å². The van der Waals surface area contributed by atoms with E-state index in [1.165, 1.54) is 18.9 Å². The van der Waals surface area contributed by atoms with E-state index in [-0.39, 0.29) is 29.3 Å². The van der Waals surface area contributed by atoms with Crippen LogP contribution in [-0.4, -0.2) is 30.0 Å². The van der Waals surface area contributed by atoms with Crippen LogP contribution in [0.5, 0.6) is 0 Å². The molecule has 0 saturated carbocycles. The van der Waals surface area contributed by atoms with Crippen molar-refractivity contribution >= 4 is 52.5 Å². The molecular formula is C13H15Cl2NO3S. The van der Waals surface area contributed by atoms with Crippen molar-refractivity contribution in [2.24, 2.45) is 0 Å². The summed E-state index contributed by atoms with van der Waals surface area (Å²) in [7, 11) is 1.34. The van der Waals surface area contributed by atoms with Crippen LogP contribution in [0.4, 0.5) is 5.69 Å². The summed E-state index contributed by atoms with van der Waals surface area (Å²) in [6.45, 7) is 1.86. The maximum absolute atomic E-state index is 11.8. The van der Waals surface area contributed by atoms with Crippen molar-refractivity contribution in [2.75, 3.05) is 18.2 Å². The number of anilines is 1. The predicted molar refractivity (Wildman–Crippen MR) is 83.6 cm³/mol. The summed E-state index contributed by atoms with van der Waals surface area (Å²) in [6, 6.07) is 4.85. The van der Waals surface area contributed by atoms with E-state index in [9.17, 15) is 9.59 Å². The molecular weight excluding hydrogens is 321 g/mol. The van der Waals surface area contributed by atoms with Crippen LogP contribution in [0, 0.1) is 0 Å². The molecule has 1 aromatic rings. The Bertz CT molecular complexity index is 497. The second-order valence-electron chi connectivity index (χ2n) is 4.07. The molecule has 0 saturated heterocycles. The fourth-order valence-electron chi connectivity index (χ4n) is 1.37. The molecule has 1 aromatic carbocycles. The van der Waals surface area contributed by atoms with Gasteiger partial charge in [0.05, 0.1) is 30.0 Å². The van der Waals surface area contributed by atoms with Crippen molar-refractivity contribution in [1.29, 1.82) is 0 Å². The first-order chi connectivity index (χ1) is 9.42. The number of carbonyl (C=O) groups excluding carboxylic acids is 2. The molecule has 0 aromatic heterocycles. The van der Waals surface area contributed by atoms with Gasteiger partial charge in [-0.25, -0.2) is 0 Å². The zero-order chi connectivity index (χ0) is 15.1. The van der Waals surface area contributed by atoms with Gasteiger partial charge in [-0.3, -0.25) is 9.59 Å². The van der Waals surface area contributed by atoms with Crippen LogP contribution in [0.25, 0.3) is 0 Å². The monoisotopic (exact) mass is 335 g/mol. The first-order valence-corrected chi connectivity index (χ1v) is 7.66. The second-order valence-corrected chi connectivity index (χ2v) is 6.34. The van der Waals surface area contributed by atoms with Crippen molar-refractivity contribution in [3.05, 3.63) is 28.2 Å². The number of rotatable bonds is 6. The summed E-state index contributed by atoms with van der Waals surface area (Å²) >= 11 is 13.2. The minimum Gasteiger partial charge on any atom is -0.469 e. The highest BCUT2D eigenvalue weighted by atomic mass is 35.5. The highest BCUT2D eigenvalue weighted by Crippen LogP contribution is 2.25. The van der Waals surface area contributed by atoms with Gasteiger partial charge in [0, 0.05) is 10.3 Å². The molecule has 0 aliphatic heterocycles. The van der Waals surface area contributed by atoms with Crippen LogP contribution < -0.4 is 5.32 Å². The number of esters is 1. The van der Waals surface area contributed by atoms with Crippen LogP contribution in [0.3, 0.4) is 0 Å². The van der Waals surface area contributed by atoms with Crippen LogP contribution in [-0.2, 0) is 14.3 Å².